The minimum Gasteiger partial charge on any atom is -0.483 e. The van der Waals surface area contributed by atoms with Gasteiger partial charge in [0.15, 0.2) is 13.2 Å². The van der Waals surface area contributed by atoms with Gasteiger partial charge in [-0.05, 0) is 62.4 Å². The second kappa shape index (κ2) is 15.5. The van der Waals surface area contributed by atoms with Gasteiger partial charge in [-0.15, -0.1) is 0 Å². The molecule has 10 nitrogen and oxygen atoms in total. The van der Waals surface area contributed by atoms with E-state index in [1.54, 1.807) is 72.8 Å². The lowest BCUT2D eigenvalue weighted by atomic mass is 10.2. The van der Waals surface area contributed by atoms with Crippen molar-refractivity contribution in [2.45, 2.75) is 13.8 Å². The predicted molar refractivity (Wildman–Crippen MR) is 168 cm³/mol. The fourth-order valence-electron chi connectivity index (χ4n) is 4.06. The minimum atomic E-state index is -0.419. The summed E-state index contributed by atoms with van der Waals surface area (Å²) in [7, 11) is 0. The van der Waals surface area contributed by atoms with Gasteiger partial charge < -0.3 is 30.7 Å². The third kappa shape index (κ3) is 9.45. The number of benzene rings is 4. The van der Waals surface area contributed by atoms with Gasteiger partial charge in [-0.1, -0.05) is 59.7 Å². The van der Waals surface area contributed by atoms with Crippen LogP contribution in [0.5, 0.6) is 11.5 Å². The van der Waals surface area contributed by atoms with Crippen LogP contribution in [-0.2, 0) is 9.59 Å². The van der Waals surface area contributed by atoms with Crippen LogP contribution in [0.1, 0.15) is 31.8 Å². The van der Waals surface area contributed by atoms with Crippen LogP contribution >= 0.6 is 0 Å². The summed E-state index contributed by atoms with van der Waals surface area (Å²) in [6.45, 7) is 3.63. The van der Waals surface area contributed by atoms with E-state index >= 15 is 0 Å². The van der Waals surface area contributed by atoms with Crippen LogP contribution in [0.2, 0.25) is 0 Å². The standard InChI is InChI=1S/C34H34N4O6/c1-23-11-15-25(16-12-23)37-31(39)21-43-29-9-5-3-7-27(29)33(41)35-19-20-36-34(42)28-8-4-6-10-30(28)44-22-32(40)38-26-17-13-24(2)14-18-26/h3-18H,19-22H2,1-2H3,(H,35,41)(H,36,42)(H,37,39)(H,38,40). The number of carbonyl (C=O) groups excluding carboxylic acids is 4. The molecule has 4 aromatic rings. The molecule has 0 atom stereocenters. The quantitative estimate of drug-likeness (QED) is 0.169. The maximum atomic E-state index is 12.8. The van der Waals surface area contributed by atoms with E-state index in [0.717, 1.165) is 11.1 Å². The number of hydrogen-bond donors (Lipinski definition) is 4. The summed E-state index contributed by atoms with van der Waals surface area (Å²) in [5, 5.41) is 11.0. The van der Waals surface area contributed by atoms with E-state index in [0.29, 0.717) is 11.4 Å². The van der Waals surface area contributed by atoms with Crippen LogP contribution in [0.25, 0.3) is 0 Å². The summed E-state index contributed by atoms with van der Waals surface area (Å²) in [6.07, 6.45) is 0. The SMILES string of the molecule is Cc1ccc(NC(=O)COc2ccccc2C(=O)NCCNC(=O)c2ccccc2OCC(=O)Nc2ccc(C)cc2)cc1. The molecule has 0 heterocycles. The molecule has 44 heavy (non-hydrogen) atoms. The molecule has 0 aliphatic heterocycles. The van der Waals surface area contributed by atoms with Gasteiger partial charge in [0.1, 0.15) is 11.5 Å². The molecule has 0 bridgehead atoms. The van der Waals surface area contributed by atoms with E-state index in [1.807, 2.05) is 38.1 Å². The van der Waals surface area contributed by atoms with Gasteiger partial charge in [-0.2, -0.15) is 0 Å². The van der Waals surface area contributed by atoms with E-state index in [9.17, 15) is 19.2 Å². The highest BCUT2D eigenvalue weighted by Gasteiger charge is 2.15. The summed E-state index contributed by atoms with van der Waals surface area (Å²) in [5.74, 6) is -1.05. The highest BCUT2D eigenvalue weighted by Crippen LogP contribution is 2.19. The highest BCUT2D eigenvalue weighted by molar-refractivity contribution is 5.98. The molecule has 0 aliphatic rings. The summed E-state index contributed by atoms with van der Waals surface area (Å²) >= 11 is 0. The average molecular weight is 595 g/mol. The molecule has 0 saturated carbocycles. The molecular weight excluding hydrogens is 560 g/mol. The molecule has 0 aliphatic carbocycles. The molecule has 10 heteroatoms. The van der Waals surface area contributed by atoms with Crippen molar-refractivity contribution in [3.05, 3.63) is 119 Å². The lowest BCUT2D eigenvalue weighted by Gasteiger charge is -2.13. The maximum absolute atomic E-state index is 12.8. The summed E-state index contributed by atoms with van der Waals surface area (Å²) < 4.78 is 11.2. The van der Waals surface area contributed by atoms with E-state index < -0.39 is 11.8 Å². The number of para-hydroxylation sites is 2. The van der Waals surface area contributed by atoms with Crippen LogP contribution in [0.15, 0.2) is 97.1 Å². The van der Waals surface area contributed by atoms with Crippen molar-refractivity contribution in [1.82, 2.24) is 10.6 Å². The molecule has 4 amide bonds. The Kier molecular flexibility index (Phi) is 11.1. The monoisotopic (exact) mass is 594 g/mol. The lowest BCUT2D eigenvalue weighted by Crippen LogP contribution is -2.35. The first-order valence-electron chi connectivity index (χ1n) is 14.0. The number of anilines is 2. The lowest BCUT2D eigenvalue weighted by molar-refractivity contribution is -0.118. The average Bonchev–Trinajstić information content (AvgIpc) is 3.03. The third-order valence-electron chi connectivity index (χ3n) is 6.35. The van der Waals surface area contributed by atoms with Crippen LogP contribution < -0.4 is 30.7 Å². The molecule has 4 aromatic carbocycles. The Labute approximate surface area is 255 Å². The summed E-state index contributed by atoms with van der Waals surface area (Å²) in [6, 6.07) is 27.9. The first-order valence-corrected chi connectivity index (χ1v) is 14.0. The van der Waals surface area contributed by atoms with E-state index in [-0.39, 0.29) is 60.7 Å². The van der Waals surface area contributed by atoms with Crippen LogP contribution in [0, 0.1) is 13.8 Å². The normalized spacial score (nSPS) is 10.3. The molecule has 0 unspecified atom stereocenters. The van der Waals surface area contributed by atoms with Crippen LogP contribution in [0.4, 0.5) is 11.4 Å². The zero-order valence-corrected chi connectivity index (χ0v) is 24.5. The number of rotatable bonds is 13. The Morgan fingerprint density at radius 1 is 0.523 bits per heavy atom. The Morgan fingerprint density at radius 3 is 1.27 bits per heavy atom. The number of carbonyl (C=O) groups is 4. The van der Waals surface area contributed by atoms with Crippen molar-refractivity contribution in [2.75, 3.05) is 36.9 Å². The maximum Gasteiger partial charge on any atom is 0.262 e. The number of amides is 4. The van der Waals surface area contributed by atoms with Crippen LogP contribution in [0.3, 0.4) is 0 Å². The molecule has 4 rings (SSSR count). The Hall–Kier alpha value is -5.64. The zero-order chi connectivity index (χ0) is 31.3. The Balaban J connectivity index is 1.22. The fourth-order valence-corrected chi connectivity index (χ4v) is 4.06. The van der Waals surface area contributed by atoms with Gasteiger partial charge in [0.05, 0.1) is 11.1 Å². The largest absolute Gasteiger partial charge is 0.483 e. The van der Waals surface area contributed by atoms with Crippen molar-refractivity contribution < 1.29 is 28.7 Å². The van der Waals surface area contributed by atoms with Crippen molar-refractivity contribution in [1.29, 1.82) is 0 Å². The molecule has 0 fully saturated rings. The number of aryl methyl sites for hydroxylation is 2. The van der Waals surface area contributed by atoms with Crippen molar-refractivity contribution in [2.24, 2.45) is 0 Å². The zero-order valence-electron chi connectivity index (χ0n) is 24.5. The van der Waals surface area contributed by atoms with Gasteiger partial charge in [0, 0.05) is 24.5 Å². The second-order valence-corrected chi connectivity index (χ2v) is 9.91. The van der Waals surface area contributed by atoms with Crippen molar-refractivity contribution in [3.63, 3.8) is 0 Å². The van der Waals surface area contributed by atoms with Gasteiger partial charge >= 0.3 is 0 Å². The topological polar surface area (TPSA) is 135 Å². The smallest absolute Gasteiger partial charge is 0.262 e. The summed E-state index contributed by atoms with van der Waals surface area (Å²) in [4.78, 5) is 50.3. The molecular formula is C34H34N4O6. The van der Waals surface area contributed by atoms with Gasteiger partial charge in [0.2, 0.25) is 0 Å². The molecule has 226 valence electrons. The number of ether oxygens (including phenoxy) is 2. The Morgan fingerprint density at radius 2 is 0.886 bits per heavy atom. The highest BCUT2D eigenvalue weighted by atomic mass is 16.5. The molecule has 4 N–H and O–H groups in total. The molecule has 0 aromatic heterocycles. The first kappa shape index (κ1) is 31.3. The number of hydrogen-bond acceptors (Lipinski definition) is 6. The minimum absolute atomic E-state index is 0.134. The fraction of sp³-hybridized carbons (Fsp3) is 0.176. The molecule has 0 radical (unpaired) electrons. The van der Waals surface area contributed by atoms with Gasteiger partial charge in [-0.25, -0.2) is 0 Å². The second-order valence-electron chi connectivity index (χ2n) is 9.91. The van der Waals surface area contributed by atoms with E-state index in [4.69, 9.17) is 9.47 Å². The van der Waals surface area contributed by atoms with E-state index in [2.05, 4.69) is 21.3 Å². The first-order chi connectivity index (χ1) is 21.3. The van der Waals surface area contributed by atoms with Crippen molar-refractivity contribution in [3.8, 4) is 11.5 Å². The van der Waals surface area contributed by atoms with Crippen molar-refractivity contribution >= 4 is 35.0 Å². The summed E-state index contributed by atoms with van der Waals surface area (Å²) in [5.41, 5.74) is 3.96. The van der Waals surface area contributed by atoms with Crippen LogP contribution in [-0.4, -0.2) is 49.9 Å². The van der Waals surface area contributed by atoms with Gasteiger partial charge in [0.25, 0.3) is 23.6 Å². The van der Waals surface area contributed by atoms with E-state index in [1.165, 1.54) is 0 Å². The predicted octanol–water partition coefficient (Wildman–Crippen LogP) is 4.50. The van der Waals surface area contributed by atoms with Gasteiger partial charge in [-0.3, -0.25) is 19.2 Å². The Bertz CT molecular complexity index is 1480. The molecule has 0 saturated heterocycles. The third-order valence-corrected chi connectivity index (χ3v) is 6.35. The molecule has 0 spiro atoms. The number of nitrogens with one attached hydrogen (secondary N) is 4.